The number of carbonyl (C=O) groups excluding carboxylic acids is 2. The lowest BCUT2D eigenvalue weighted by Crippen LogP contribution is -2.42. The van der Waals surface area contributed by atoms with E-state index in [4.69, 9.17) is 0 Å². The molecule has 0 spiro atoms. The first-order valence-electron chi connectivity index (χ1n) is 10.5. The number of benzene rings is 2. The van der Waals surface area contributed by atoms with Crippen molar-refractivity contribution in [3.63, 3.8) is 0 Å². The molecule has 1 aliphatic carbocycles. The second-order valence-electron chi connectivity index (χ2n) is 8.19. The number of hydrogen-bond donors (Lipinski definition) is 0. The molecule has 2 aromatic carbocycles. The lowest BCUT2D eigenvalue weighted by Gasteiger charge is -2.30. The molecule has 0 aromatic heterocycles. The predicted molar refractivity (Wildman–Crippen MR) is 115 cm³/mol. The highest BCUT2D eigenvalue weighted by molar-refractivity contribution is 6.03. The molecule has 2 aliphatic rings. The number of hydrazone groups is 1. The Balaban J connectivity index is 1.61. The van der Waals surface area contributed by atoms with Crippen LogP contribution >= 0.6 is 0 Å². The molecule has 32 heavy (non-hydrogen) atoms. The van der Waals surface area contributed by atoms with Gasteiger partial charge in [-0.15, -0.1) is 0 Å². The second-order valence-corrected chi connectivity index (χ2v) is 8.19. The Morgan fingerprint density at radius 2 is 1.94 bits per heavy atom. The smallest absolute Gasteiger partial charge is 0.269 e. The third-order valence-electron chi connectivity index (χ3n) is 6.01. The van der Waals surface area contributed by atoms with Gasteiger partial charge in [-0.3, -0.25) is 19.7 Å². The molecule has 0 N–H and O–H groups in total. The largest absolute Gasteiger partial charge is 0.336 e. The van der Waals surface area contributed by atoms with Crippen molar-refractivity contribution in [3.05, 3.63) is 75.6 Å². The average Bonchev–Trinajstić information content (AvgIpc) is 3.18. The van der Waals surface area contributed by atoms with Gasteiger partial charge in [0.2, 0.25) is 5.91 Å². The van der Waals surface area contributed by atoms with Crippen LogP contribution in [0.2, 0.25) is 0 Å². The van der Waals surface area contributed by atoms with E-state index in [0.717, 1.165) is 19.3 Å². The van der Waals surface area contributed by atoms with E-state index in [2.05, 4.69) is 5.10 Å². The van der Waals surface area contributed by atoms with Crippen LogP contribution in [-0.4, -0.2) is 46.0 Å². The van der Waals surface area contributed by atoms with Crippen LogP contribution in [-0.2, 0) is 9.59 Å². The van der Waals surface area contributed by atoms with Gasteiger partial charge in [0.05, 0.1) is 16.7 Å². The minimum Gasteiger partial charge on any atom is -0.336 e. The van der Waals surface area contributed by atoms with E-state index in [1.165, 1.54) is 34.2 Å². The van der Waals surface area contributed by atoms with Crippen molar-refractivity contribution in [2.24, 2.45) is 11.0 Å². The number of nitro groups is 1. The minimum atomic E-state index is -0.561. The van der Waals surface area contributed by atoms with E-state index in [0.29, 0.717) is 23.3 Å². The molecule has 1 heterocycles. The third kappa shape index (κ3) is 4.37. The average molecular weight is 438 g/mol. The van der Waals surface area contributed by atoms with Gasteiger partial charge in [0.1, 0.15) is 12.4 Å². The van der Waals surface area contributed by atoms with Gasteiger partial charge in [-0.25, -0.2) is 9.40 Å². The number of halogens is 1. The molecule has 0 bridgehead atoms. The van der Waals surface area contributed by atoms with Crippen LogP contribution in [0.25, 0.3) is 0 Å². The zero-order chi connectivity index (χ0) is 22.8. The number of hydrogen-bond acceptors (Lipinski definition) is 5. The van der Waals surface area contributed by atoms with Gasteiger partial charge in [-0.2, -0.15) is 5.10 Å². The van der Waals surface area contributed by atoms with Gasteiger partial charge >= 0.3 is 0 Å². The molecule has 1 fully saturated rings. The van der Waals surface area contributed by atoms with Crippen LogP contribution in [0.3, 0.4) is 0 Å². The lowest BCUT2D eigenvalue weighted by atomic mass is 9.84. The van der Waals surface area contributed by atoms with E-state index < -0.39 is 11.0 Å². The Labute approximate surface area is 184 Å². The summed E-state index contributed by atoms with van der Waals surface area (Å²) >= 11 is 0. The summed E-state index contributed by atoms with van der Waals surface area (Å²) in [5, 5.41) is 17.0. The predicted octanol–water partition coefficient (Wildman–Crippen LogP) is 3.67. The fourth-order valence-electron chi connectivity index (χ4n) is 3.98. The zero-order valence-corrected chi connectivity index (χ0v) is 17.6. The Morgan fingerprint density at radius 3 is 2.56 bits per heavy atom. The fraction of sp³-hybridized carbons (Fsp3) is 0.348. The van der Waals surface area contributed by atoms with Crippen LogP contribution in [0.5, 0.6) is 0 Å². The second kappa shape index (κ2) is 8.86. The first-order valence-corrected chi connectivity index (χ1v) is 10.5. The van der Waals surface area contributed by atoms with Gasteiger partial charge < -0.3 is 4.90 Å². The van der Waals surface area contributed by atoms with Gasteiger partial charge in [0.15, 0.2) is 0 Å². The van der Waals surface area contributed by atoms with Gasteiger partial charge in [-0.05, 0) is 36.1 Å². The van der Waals surface area contributed by atoms with Crippen molar-refractivity contribution in [3.8, 4) is 0 Å². The maximum Gasteiger partial charge on any atom is 0.269 e. The van der Waals surface area contributed by atoms with Crippen LogP contribution < -0.4 is 0 Å². The molecule has 8 nitrogen and oxygen atoms in total. The Bertz CT molecular complexity index is 1080. The summed E-state index contributed by atoms with van der Waals surface area (Å²) < 4.78 is 13.4. The molecule has 1 atom stereocenters. The maximum atomic E-state index is 13.4. The number of amides is 2. The number of non-ortho nitro benzene ring substituents is 1. The molecule has 4 rings (SSSR count). The van der Waals surface area contributed by atoms with E-state index >= 15 is 0 Å². The first-order chi connectivity index (χ1) is 15.3. The van der Waals surface area contributed by atoms with E-state index in [1.54, 1.807) is 31.3 Å². The van der Waals surface area contributed by atoms with Crippen molar-refractivity contribution < 1.29 is 18.9 Å². The Kier molecular flexibility index (Phi) is 5.98. The van der Waals surface area contributed by atoms with E-state index in [9.17, 15) is 24.1 Å². The summed E-state index contributed by atoms with van der Waals surface area (Å²) in [7, 11) is 1.60. The number of nitrogens with zero attached hydrogens (tertiary/aromatic N) is 4. The quantitative estimate of drug-likeness (QED) is 0.508. The zero-order valence-electron chi connectivity index (χ0n) is 17.6. The number of nitro benzene ring substituents is 1. The Morgan fingerprint density at radius 1 is 1.22 bits per heavy atom. The fourth-order valence-corrected chi connectivity index (χ4v) is 3.98. The van der Waals surface area contributed by atoms with Gasteiger partial charge in [0, 0.05) is 31.5 Å². The summed E-state index contributed by atoms with van der Waals surface area (Å²) in [6.45, 7) is -0.138. The molecular weight excluding hydrogens is 415 g/mol. The van der Waals surface area contributed by atoms with Crippen molar-refractivity contribution in [2.75, 3.05) is 13.6 Å². The van der Waals surface area contributed by atoms with Crippen molar-refractivity contribution in [1.29, 1.82) is 0 Å². The van der Waals surface area contributed by atoms with Crippen LogP contribution in [0.1, 0.15) is 42.9 Å². The molecule has 1 unspecified atom stereocenters. The first kappa shape index (κ1) is 21.6. The van der Waals surface area contributed by atoms with E-state index in [1.807, 2.05) is 0 Å². The highest BCUT2D eigenvalue weighted by Gasteiger charge is 2.35. The standard InChI is InChI=1S/C23H23FN4O4/c1-26(23(30)16-4-2-5-16)14-22(29)27-21(17-6-3-7-19(12-17)28(31)32)13-20(25-27)15-8-10-18(24)11-9-15/h3,6-12,16,21H,2,4-5,13-14H2,1H3. The molecule has 0 saturated heterocycles. The summed E-state index contributed by atoms with van der Waals surface area (Å²) in [5.74, 6) is -0.851. The molecule has 9 heteroatoms. The monoisotopic (exact) mass is 438 g/mol. The number of carbonyl (C=O) groups is 2. The topological polar surface area (TPSA) is 96.1 Å². The number of likely N-dealkylation sites (N-methyl/N-ethyl adjacent to an activating group) is 1. The molecule has 1 saturated carbocycles. The van der Waals surface area contributed by atoms with Crippen LogP contribution in [0.4, 0.5) is 10.1 Å². The molecule has 0 radical (unpaired) electrons. The normalized spacial score (nSPS) is 18.1. The van der Waals surface area contributed by atoms with Crippen LogP contribution in [0.15, 0.2) is 53.6 Å². The van der Waals surface area contributed by atoms with Crippen molar-refractivity contribution in [2.45, 2.75) is 31.7 Å². The molecule has 2 amide bonds. The summed E-state index contributed by atoms with van der Waals surface area (Å²) in [4.78, 5) is 37.8. The lowest BCUT2D eigenvalue weighted by molar-refractivity contribution is -0.385. The highest BCUT2D eigenvalue weighted by Crippen LogP contribution is 2.34. The summed E-state index contributed by atoms with van der Waals surface area (Å²) in [6.07, 6.45) is 3.01. The van der Waals surface area contributed by atoms with Crippen molar-refractivity contribution in [1.82, 2.24) is 9.91 Å². The maximum absolute atomic E-state index is 13.4. The third-order valence-corrected chi connectivity index (χ3v) is 6.01. The SMILES string of the molecule is CN(CC(=O)N1N=C(c2ccc(F)cc2)CC1c1cccc([N+](=O)[O-])c1)C(=O)C1CCC1. The van der Waals surface area contributed by atoms with E-state index in [-0.39, 0.29) is 35.8 Å². The van der Waals surface area contributed by atoms with Gasteiger partial charge in [0.25, 0.3) is 11.6 Å². The summed E-state index contributed by atoms with van der Waals surface area (Å²) in [6, 6.07) is 11.3. The minimum absolute atomic E-state index is 0.0303. The molecule has 2 aromatic rings. The molecular formula is C23H23FN4O4. The highest BCUT2D eigenvalue weighted by atomic mass is 19.1. The Hall–Kier alpha value is -3.62. The molecule has 1 aliphatic heterocycles. The van der Waals surface area contributed by atoms with Crippen molar-refractivity contribution >= 4 is 23.2 Å². The van der Waals surface area contributed by atoms with Crippen LogP contribution in [0, 0.1) is 21.8 Å². The molecule has 166 valence electrons. The summed E-state index contributed by atoms with van der Waals surface area (Å²) in [5.41, 5.74) is 1.72. The number of rotatable bonds is 6. The van der Waals surface area contributed by atoms with Gasteiger partial charge in [-0.1, -0.05) is 30.7 Å².